The largest absolute Gasteiger partial charge is 0.496 e. The van der Waals surface area contributed by atoms with Crippen molar-refractivity contribution in [1.82, 2.24) is 10.3 Å². The molecule has 2 aliphatic rings. The summed E-state index contributed by atoms with van der Waals surface area (Å²) in [5, 5.41) is 4.47. The number of fused-ring (bicyclic) bond motifs is 1. The summed E-state index contributed by atoms with van der Waals surface area (Å²) in [6.45, 7) is 1.62. The standard InChI is InChI=1S/C19H21N3O5/c1-25-16-6-14-10(4-15(16)17(20)23)2-3-21-19(14)27-9-12-5-13(18(24)22-12)11-7-26-8-11/h2-4,6,11-13H,5,7-9H2,1H3,(H2,20,23)(H,22,24)/t12-,13-/m0/s1. The number of benzene rings is 1. The Labute approximate surface area is 156 Å². The van der Waals surface area contributed by atoms with Crippen LogP contribution in [0.1, 0.15) is 16.8 Å². The van der Waals surface area contributed by atoms with Gasteiger partial charge in [0.15, 0.2) is 0 Å². The lowest BCUT2D eigenvalue weighted by Crippen LogP contribution is -2.38. The van der Waals surface area contributed by atoms with E-state index in [1.807, 2.05) is 0 Å². The number of rotatable bonds is 6. The Balaban J connectivity index is 1.52. The van der Waals surface area contributed by atoms with Gasteiger partial charge in [-0.1, -0.05) is 0 Å². The van der Waals surface area contributed by atoms with Crippen LogP contribution in [0.2, 0.25) is 0 Å². The SMILES string of the molecule is COc1cc2c(OC[C@@H]3C[C@@H](C4COC4)C(=O)N3)nccc2cc1C(N)=O. The molecule has 2 aliphatic heterocycles. The zero-order valence-corrected chi connectivity index (χ0v) is 14.9. The highest BCUT2D eigenvalue weighted by molar-refractivity contribution is 6.01. The molecule has 8 heteroatoms. The Morgan fingerprint density at radius 1 is 1.41 bits per heavy atom. The van der Waals surface area contributed by atoms with E-state index in [0.29, 0.717) is 48.3 Å². The molecule has 0 unspecified atom stereocenters. The van der Waals surface area contributed by atoms with Crippen LogP contribution in [0.5, 0.6) is 11.6 Å². The van der Waals surface area contributed by atoms with Crippen molar-refractivity contribution in [3.8, 4) is 11.6 Å². The number of pyridine rings is 1. The predicted molar refractivity (Wildman–Crippen MR) is 96.7 cm³/mol. The number of carbonyl (C=O) groups is 2. The second-order valence-electron chi connectivity index (χ2n) is 6.91. The normalized spacial score (nSPS) is 22.3. The number of carbonyl (C=O) groups excluding carboxylic acids is 2. The number of hydrogen-bond acceptors (Lipinski definition) is 6. The molecule has 1 aromatic carbocycles. The maximum Gasteiger partial charge on any atom is 0.252 e. The van der Waals surface area contributed by atoms with Gasteiger partial charge in [-0.2, -0.15) is 0 Å². The lowest BCUT2D eigenvalue weighted by Gasteiger charge is -2.29. The maximum absolute atomic E-state index is 12.1. The van der Waals surface area contributed by atoms with Crippen molar-refractivity contribution < 1.29 is 23.8 Å². The molecular formula is C19H21N3O5. The minimum Gasteiger partial charge on any atom is -0.496 e. The second kappa shape index (κ2) is 7.03. The first-order valence-corrected chi connectivity index (χ1v) is 8.84. The molecule has 2 saturated heterocycles. The van der Waals surface area contributed by atoms with Gasteiger partial charge in [-0.25, -0.2) is 4.98 Å². The van der Waals surface area contributed by atoms with Crippen LogP contribution < -0.4 is 20.5 Å². The molecule has 2 aromatic rings. The number of ether oxygens (including phenoxy) is 3. The maximum atomic E-state index is 12.1. The minimum absolute atomic E-state index is 0.00829. The number of nitrogens with zero attached hydrogens (tertiary/aromatic N) is 1. The third-order valence-electron chi connectivity index (χ3n) is 5.19. The van der Waals surface area contributed by atoms with E-state index in [1.54, 1.807) is 24.4 Å². The van der Waals surface area contributed by atoms with E-state index in [4.69, 9.17) is 19.9 Å². The first kappa shape index (κ1) is 17.5. The lowest BCUT2D eigenvalue weighted by atomic mass is 9.88. The zero-order chi connectivity index (χ0) is 19.0. The van der Waals surface area contributed by atoms with Gasteiger partial charge in [0.2, 0.25) is 11.8 Å². The molecule has 0 bridgehead atoms. The summed E-state index contributed by atoms with van der Waals surface area (Å²) in [5.41, 5.74) is 5.71. The molecular weight excluding hydrogens is 350 g/mol. The van der Waals surface area contributed by atoms with Crippen LogP contribution in [0.4, 0.5) is 0 Å². The quantitative estimate of drug-likeness (QED) is 0.779. The van der Waals surface area contributed by atoms with Gasteiger partial charge in [-0.3, -0.25) is 9.59 Å². The van der Waals surface area contributed by atoms with Crippen LogP contribution in [-0.2, 0) is 9.53 Å². The van der Waals surface area contributed by atoms with Crippen LogP contribution in [0.3, 0.4) is 0 Å². The van der Waals surface area contributed by atoms with Crippen molar-refractivity contribution in [1.29, 1.82) is 0 Å². The monoisotopic (exact) mass is 371 g/mol. The average molecular weight is 371 g/mol. The Morgan fingerprint density at radius 3 is 2.89 bits per heavy atom. The molecule has 3 heterocycles. The third kappa shape index (κ3) is 3.28. The molecule has 1 aromatic heterocycles. The molecule has 2 fully saturated rings. The summed E-state index contributed by atoms with van der Waals surface area (Å²) in [6.07, 6.45) is 2.34. The molecule has 0 aliphatic carbocycles. The van der Waals surface area contributed by atoms with Crippen LogP contribution in [0, 0.1) is 11.8 Å². The van der Waals surface area contributed by atoms with E-state index >= 15 is 0 Å². The highest BCUT2D eigenvalue weighted by atomic mass is 16.5. The average Bonchev–Trinajstić information content (AvgIpc) is 2.97. The van der Waals surface area contributed by atoms with Gasteiger partial charge in [0.25, 0.3) is 5.91 Å². The summed E-state index contributed by atoms with van der Waals surface area (Å²) < 4.78 is 16.4. The molecule has 8 nitrogen and oxygen atoms in total. The van der Waals surface area contributed by atoms with Gasteiger partial charge in [0, 0.05) is 23.4 Å². The van der Waals surface area contributed by atoms with E-state index in [1.165, 1.54) is 7.11 Å². The molecule has 0 saturated carbocycles. The topological polar surface area (TPSA) is 113 Å². The first-order chi connectivity index (χ1) is 13.1. The van der Waals surface area contributed by atoms with E-state index in [9.17, 15) is 9.59 Å². The summed E-state index contributed by atoms with van der Waals surface area (Å²) in [4.78, 5) is 28.0. The highest BCUT2D eigenvalue weighted by Gasteiger charge is 2.40. The fourth-order valence-corrected chi connectivity index (χ4v) is 3.61. The number of primary amides is 1. The third-order valence-corrected chi connectivity index (χ3v) is 5.19. The fraction of sp³-hybridized carbons (Fsp3) is 0.421. The van der Waals surface area contributed by atoms with Crippen molar-refractivity contribution in [3.63, 3.8) is 0 Å². The fourth-order valence-electron chi connectivity index (χ4n) is 3.61. The van der Waals surface area contributed by atoms with Crippen molar-refractivity contribution in [3.05, 3.63) is 30.0 Å². The summed E-state index contributed by atoms with van der Waals surface area (Å²) in [7, 11) is 1.48. The Kier molecular flexibility index (Phi) is 4.57. The molecule has 4 rings (SSSR count). The molecule has 2 amide bonds. The molecule has 142 valence electrons. The van der Waals surface area contributed by atoms with E-state index in [0.717, 1.165) is 11.8 Å². The zero-order valence-electron chi connectivity index (χ0n) is 14.9. The lowest BCUT2D eigenvalue weighted by molar-refractivity contribution is -0.131. The highest BCUT2D eigenvalue weighted by Crippen LogP contribution is 2.32. The molecule has 2 atom stereocenters. The second-order valence-corrected chi connectivity index (χ2v) is 6.91. The molecule has 27 heavy (non-hydrogen) atoms. The summed E-state index contributed by atoms with van der Waals surface area (Å²) in [5.74, 6) is 0.593. The van der Waals surface area contributed by atoms with Crippen molar-refractivity contribution in [2.75, 3.05) is 26.9 Å². The van der Waals surface area contributed by atoms with E-state index in [2.05, 4.69) is 10.3 Å². The van der Waals surface area contributed by atoms with Crippen LogP contribution >= 0.6 is 0 Å². The number of aromatic nitrogens is 1. The molecule has 3 N–H and O–H groups in total. The van der Waals surface area contributed by atoms with Crippen LogP contribution in [0.15, 0.2) is 24.4 Å². The van der Waals surface area contributed by atoms with Crippen molar-refractivity contribution >= 4 is 22.6 Å². The molecule has 0 spiro atoms. The van der Waals surface area contributed by atoms with Gasteiger partial charge in [0.1, 0.15) is 12.4 Å². The summed E-state index contributed by atoms with van der Waals surface area (Å²) in [6, 6.07) is 5.07. The molecule has 0 radical (unpaired) electrons. The van der Waals surface area contributed by atoms with Gasteiger partial charge in [-0.05, 0) is 30.0 Å². The Bertz CT molecular complexity index is 896. The van der Waals surface area contributed by atoms with E-state index < -0.39 is 5.91 Å². The van der Waals surface area contributed by atoms with Gasteiger partial charge >= 0.3 is 0 Å². The number of nitrogens with one attached hydrogen (secondary N) is 1. The number of amides is 2. The van der Waals surface area contributed by atoms with Gasteiger partial charge in [-0.15, -0.1) is 0 Å². The van der Waals surface area contributed by atoms with Crippen LogP contribution in [-0.4, -0.2) is 49.8 Å². The minimum atomic E-state index is -0.562. The van der Waals surface area contributed by atoms with Crippen molar-refractivity contribution in [2.45, 2.75) is 12.5 Å². The van der Waals surface area contributed by atoms with Crippen LogP contribution in [0.25, 0.3) is 10.8 Å². The van der Waals surface area contributed by atoms with Gasteiger partial charge < -0.3 is 25.3 Å². The van der Waals surface area contributed by atoms with E-state index in [-0.39, 0.29) is 17.9 Å². The smallest absolute Gasteiger partial charge is 0.252 e. The number of methoxy groups -OCH3 is 1. The first-order valence-electron chi connectivity index (χ1n) is 8.84. The summed E-state index contributed by atoms with van der Waals surface area (Å²) >= 11 is 0. The number of hydrogen-bond donors (Lipinski definition) is 2. The predicted octanol–water partition coefficient (Wildman–Crippen LogP) is 0.872. The van der Waals surface area contributed by atoms with Gasteiger partial charge in [0.05, 0.1) is 31.9 Å². The Hall–Kier alpha value is -2.87. The van der Waals surface area contributed by atoms with Crippen molar-refractivity contribution in [2.24, 2.45) is 17.6 Å². The number of nitrogens with two attached hydrogens (primary N) is 1. The Morgan fingerprint density at radius 2 is 2.22 bits per heavy atom.